The summed E-state index contributed by atoms with van der Waals surface area (Å²) < 4.78 is 50.1. The molecular weight excluding hydrogens is 465 g/mol. The highest BCUT2D eigenvalue weighted by atomic mass is 19.2. The SMILES string of the molecule is CC(C)n1nc(-c2ccc(CC(=O)Nc3cc(C45CC(F)(C4)C5)no3)c(F)c2F)c(C(N)=O)c1N. The summed E-state index contributed by atoms with van der Waals surface area (Å²) in [5.41, 5.74) is 9.55. The second-order valence-electron chi connectivity index (χ2n) is 9.67. The number of nitrogens with zero attached hydrogens (tertiary/aromatic N) is 3. The Hall–Kier alpha value is -3.83. The van der Waals surface area contributed by atoms with Crippen molar-refractivity contribution in [1.82, 2.24) is 14.9 Å². The molecule has 0 saturated heterocycles. The molecule has 35 heavy (non-hydrogen) atoms. The first kappa shape index (κ1) is 22.9. The molecular formula is C23H23F3N6O3. The molecule has 12 heteroatoms. The van der Waals surface area contributed by atoms with Crippen LogP contribution < -0.4 is 16.8 Å². The van der Waals surface area contributed by atoms with E-state index in [0.29, 0.717) is 25.0 Å². The Morgan fingerprint density at radius 2 is 1.91 bits per heavy atom. The molecule has 2 heterocycles. The fraction of sp³-hybridized carbons (Fsp3) is 0.391. The molecule has 0 spiro atoms. The lowest BCUT2D eigenvalue weighted by molar-refractivity contribution is -0.160. The Morgan fingerprint density at radius 3 is 2.51 bits per heavy atom. The van der Waals surface area contributed by atoms with Crippen molar-refractivity contribution in [3.63, 3.8) is 0 Å². The summed E-state index contributed by atoms with van der Waals surface area (Å²) in [4.78, 5) is 24.4. The van der Waals surface area contributed by atoms with Crippen LogP contribution in [-0.4, -0.2) is 32.4 Å². The Morgan fingerprint density at radius 1 is 1.23 bits per heavy atom. The Kier molecular flexibility index (Phi) is 4.97. The van der Waals surface area contributed by atoms with Crippen LogP contribution in [-0.2, 0) is 16.6 Å². The number of rotatable bonds is 7. The predicted octanol–water partition coefficient (Wildman–Crippen LogP) is 3.40. The smallest absolute Gasteiger partial charge is 0.254 e. The summed E-state index contributed by atoms with van der Waals surface area (Å²) in [6.07, 6.45) is 0.656. The lowest BCUT2D eigenvalue weighted by atomic mass is 9.41. The topological polar surface area (TPSA) is 142 Å². The Labute approximate surface area is 197 Å². The fourth-order valence-electron chi connectivity index (χ4n) is 5.06. The van der Waals surface area contributed by atoms with Crippen LogP contribution in [0.1, 0.15) is 60.8 Å². The van der Waals surface area contributed by atoms with E-state index in [1.54, 1.807) is 13.8 Å². The number of anilines is 2. The zero-order valence-electron chi connectivity index (χ0n) is 19.0. The number of aromatic nitrogens is 3. The van der Waals surface area contributed by atoms with Crippen molar-refractivity contribution in [2.75, 3.05) is 11.1 Å². The zero-order valence-corrected chi connectivity index (χ0v) is 19.0. The van der Waals surface area contributed by atoms with Gasteiger partial charge in [-0.05, 0) is 39.2 Å². The molecule has 0 radical (unpaired) electrons. The predicted molar refractivity (Wildman–Crippen MR) is 119 cm³/mol. The van der Waals surface area contributed by atoms with Crippen LogP contribution in [0.3, 0.4) is 0 Å². The molecule has 3 aromatic rings. The largest absolute Gasteiger partial charge is 0.383 e. The van der Waals surface area contributed by atoms with Crippen molar-refractivity contribution >= 4 is 23.5 Å². The van der Waals surface area contributed by atoms with Crippen molar-refractivity contribution < 1.29 is 27.3 Å². The van der Waals surface area contributed by atoms with Gasteiger partial charge in [0.05, 0.1) is 12.1 Å². The van der Waals surface area contributed by atoms with Gasteiger partial charge < -0.3 is 16.0 Å². The zero-order chi connectivity index (χ0) is 25.3. The van der Waals surface area contributed by atoms with E-state index in [1.807, 2.05) is 0 Å². The summed E-state index contributed by atoms with van der Waals surface area (Å²) >= 11 is 0. The van der Waals surface area contributed by atoms with Crippen LogP contribution in [0.25, 0.3) is 11.3 Å². The fourth-order valence-corrected chi connectivity index (χ4v) is 5.06. The molecule has 1 aromatic carbocycles. The van der Waals surface area contributed by atoms with Gasteiger partial charge in [-0.15, -0.1) is 0 Å². The number of hydrogen-bond donors (Lipinski definition) is 3. The third kappa shape index (κ3) is 3.55. The lowest BCUT2D eigenvalue weighted by Crippen LogP contribution is -2.67. The standard InChI is InChI=1S/C23H23F3N6O3/c1-10(2)32-20(27)16(21(28)34)19(30-32)12-4-3-11(17(24)18(12)25)5-14(33)29-15-6-13(31-35-15)22-7-23(26,8-22)9-22/h3-4,6,10H,5,7-9,27H2,1-2H3,(H2,28,34)(H,29,33). The van der Waals surface area contributed by atoms with Gasteiger partial charge in [-0.1, -0.05) is 11.2 Å². The first-order valence-electron chi connectivity index (χ1n) is 11.0. The van der Waals surface area contributed by atoms with Gasteiger partial charge in [-0.2, -0.15) is 5.10 Å². The van der Waals surface area contributed by atoms with Crippen molar-refractivity contribution in [2.24, 2.45) is 5.73 Å². The summed E-state index contributed by atoms with van der Waals surface area (Å²) in [6.45, 7) is 3.50. The summed E-state index contributed by atoms with van der Waals surface area (Å²) in [5.74, 6) is -4.18. The maximum atomic E-state index is 15.0. The number of primary amides is 1. The number of alkyl halides is 1. The second kappa shape index (κ2) is 7.59. The highest BCUT2D eigenvalue weighted by Gasteiger charge is 2.71. The average molecular weight is 488 g/mol. The normalized spacial score (nSPS) is 22.6. The Balaban J connectivity index is 1.34. The van der Waals surface area contributed by atoms with Gasteiger partial charge in [0.1, 0.15) is 22.7 Å². The first-order chi connectivity index (χ1) is 16.4. The number of carbonyl (C=O) groups excluding carboxylic acids is 2. The van der Waals surface area contributed by atoms with Gasteiger partial charge in [0, 0.05) is 28.7 Å². The minimum absolute atomic E-state index is 0.0425. The highest BCUT2D eigenvalue weighted by Crippen LogP contribution is 2.69. The Bertz CT molecular complexity index is 1360. The molecule has 3 aliphatic carbocycles. The minimum atomic E-state index is -1.29. The molecule has 3 fully saturated rings. The number of benzene rings is 1. The van der Waals surface area contributed by atoms with E-state index in [0.717, 1.165) is 0 Å². The molecule has 5 N–H and O–H groups in total. The number of nitrogens with two attached hydrogens (primary N) is 2. The van der Waals surface area contributed by atoms with Crippen LogP contribution in [0, 0.1) is 11.6 Å². The van der Waals surface area contributed by atoms with E-state index in [1.165, 1.54) is 22.9 Å². The van der Waals surface area contributed by atoms with E-state index < -0.39 is 35.5 Å². The number of hydrogen-bond acceptors (Lipinski definition) is 6. The summed E-state index contributed by atoms with van der Waals surface area (Å²) in [6, 6.07) is 3.69. The van der Waals surface area contributed by atoms with E-state index in [4.69, 9.17) is 16.0 Å². The molecule has 0 atom stereocenters. The third-order valence-electron chi connectivity index (χ3n) is 6.73. The number of halogens is 3. The van der Waals surface area contributed by atoms with Gasteiger partial charge in [0.15, 0.2) is 11.6 Å². The average Bonchev–Trinajstić information content (AvgIpc) is 3.33. The van der Waals surface area contributed by atoms with E-state index >= 15 is 4.39 Å². The molecule has 9 nitrogen and oxygen atoms in total. The third-order valence-corrected chi connectivity index (χ3v) is 6.73. The van der Waals surface area contributed by atoms with Crippen molar-refractivity contribution in [3.8, 4) is 11.3 Å². The van der Waals surface area contributed by atoms with Crippen molar-refractivity contribution in [2.45, 2.75) is 56.7 Å². The lowest BCUT2D eigenvalue weighted by Gasteiger charge is -2.64. The van der Waals surface area contributed by atoms with Gasteiger partial charge in [-0.25, -0.2) is 17.9 Å². The monoisotopic (exact) mass is 488 g/mol. The van der Waals surface area contributed by atoms with Crippen molar-refractivity contribution in [1.29, 1.82) is 0 Å². The molecule has 0 aliphatic heterocycles. The number of amides is 2. The van der Waals surface area contributed by atoms with Crippen LogP contribution in [0.2, 0.25) is 0 Å². The van der Waals surface area contributed by atoms with E-state index in [9.17, 15) is 18.4 Å². The van der Waals surface area contributed by atoms with Crippen LogP contribution in [0.15, 0.2) is 22.7 Å². The number of nitrogens with one attached hydrogen (secondary N) is 1. The summed E-state index contributed by atoms with van der Waals surface area (Å²) in [7, 11) is 0. The van der Waals surface area contributed by atoms with Gasteiger partial charge in [-0.3, -0.25) is 14.9 Å². The van der Waals surface area contributed by atoms with Gasteiger partial charge in [0.2, 0.25) is 11.8 Å². The van der Waals surface area contributed by atoms with E-state index in [-0.39, 0.29) is 45.5 Å². The maximum absolute atomic E-state index is 15.0. The molecule has 2 bridgehead atoms. The quantitative estimate of drug-likeness (QED) is 0.465. The molecule has 3 saturated carbocycles. The molecule has 0 unspecified atom stereocenters. The van der Waals surface area contributed by atoms with Gasteiger partial charge >= 0.3 is 0 Å². The highest BCUT2D eigenvalue weighted by molar-refractivity contribution is 6.03. The molecule has 2 aromatic heterocycles. The molecule has 6 rings (SSSR count). The van der Waals surface area contributed by atoms with Crippen LogP contribution in [0.4, 0.5) is 24.9 Å². The second-order valence-corrected chi connectivity index (χ2v) is 9.67. The van der Waals surface area contributed by atoms with Crippen LogP contribution >= 0.6 is 0 Å². The summed E-state index contributed by atoms with van der Waals surface area (Å²) in [5, 5.41) is 10.5. The molecule has 3 aliphatic rings. The number of carbonyl (C=O) groups is 2. The van der Waals surface area contributed by atoms with Crippen molar-refractivity contribution in [3.05, 3.63) is 46.7 Å². The van der Waals surface area contributed by atoms with E-state index in [2.05, 4.69) is 15.6 Å². The van der Waals surface area contributed by atoms with Gasteiger partial charge in [0.25, 0.3) is 5.91 Å². The minimum Gasteiger partial charge on any atom is -0.383 e. The number of nitrogen functional groups attached to an aromatic ring is 1. The molecule has 184 valence electrons. The van der Waals surface area contributed by atoms with Crippen LogP contribution in [0.5, 0.6) is 0 Å². The molecule has 2 amide bonds. The maximum Gasteiger partial charge on any atom is 0.254 e. The first-order valence-corrected chi connectivity index (χ1v) is 11.0.